The highest BCUT2D eigenvalue weighted by Crippen LogP contribution is 2.45. The van der Waals surface area contributed by atoms with Gasteiger partial charge >= 0.3 is 0 Å². The SMILES string of the molecule is CC1CC1c1nc(C2CCCCC2)n[nH]1. The number of nitrogens with one attached hydrogen (secondary N) is 1. The summed E-state index contributed by atoms with van der Waals surface area (Å²) in [6.07, 6.45) is 7.98. The maximum absolute atomic E-state index is 4.68. The molecular weight excluding hydrogens is 186 g/mol. The minimum Gasteiger partial charge on any atom is -0.263 e. The van der Waals surface area contributed by atoms with Crippen LogP contribution in [0.25, 0.3) is 0 Å². The molecule has 2 aliphatic rings. The van der Waals surface area contributed by atoms with Gasteiger partial charge in [0.2, 0.25) is 0 Å². The van der Waals surface area contributed by atoms with Crippen molar-refractivity contribution >= 4 is 0 Å². The zero-order valence-corrected chi connectivity index (χ0v) is 9.37. The maximum Gasteiger partial charge on any atom is 0.153 e. The van der Waals surface area contributed by atoms with Crippen molar-refractivity contribution < 1.29 is 0 Å². The Morgan fingerprint density at radius 2 is 1.93 bits per heavy atom. The summed E-state index contributed by atoms with van der Waals surface area (Å²) < 4.78 is 0. The van der Waals surface area contributed by atoms with E-state index in [0.29, 0.717) is 11.8 Å². The lowest BCUT2D eigenvalue weighted by molar-refractivity contribution is 0.429. The molecule has 2 aliphatic carbocycles. The lowest BCUT2D eigenvalue weighted by Gasteiger charge is -2.17. The van der Waals surface area contributed by atoms with Crippen molar-refractivity contribution in [2.24, 2.45) is 5.92 Å². The molecule has 0 saturated heterocycles. The number of aromatic nitrogens is 3. The zero-order chi connectivity index (χ0) is 10.3. The third-order valence-electron chi connectivity index (χ3n) is 3.95. The van der Waals surface area contributed by atoms with Gasteiger partial charge < -0.3 is 0 Å². The van der Waals surface area contributed by atoms with Gasteiger partial charge in [0.25, 0.3) is 0 Å². The van der Waals surface area contributed by atoms with Gasteiger partial charge in [-0.2, -0.15) is 5.10 Å². The summed E-state index contributed by atoms with van der Waals surface area (Å²) in [6, 6.07) is 0. The zero-order valence-electron chi connectivity index (χ0n) is 9.37. The predicted molar refractivity (Wildman–Crippen MR) is 58.7 cm³/mol. The highest BCUT2D eigenvalue weighted by atomic mass is 15.2. The van der Waals surface area contributed by atoms with Crippen LogP contribution >= 0.6 is 0 Å². The molecule has 2 unspecified atom stereocenters. The molecule has 1 aromatic rings. The first kappa shape index (κ1) is 9.37. The topological polar surface area (TPSA) is 41.6 Å². The largest absolute Gasteiger partial charge is 0.263 e. The molecule has 0 amide bonds. The lowest BCUT2D eigenvalue weighted by Crippen LogP contribution is -2.06. The van der Waals surface area contributed by atoms with Crippen LogP contribution in [-0.2, 0) is 0 Å². The second kappa shape index (κ2) is 3.62. The van der Waals surface area contributed by atoms with Crippen molar-refractivity contribution in [1.82, 2.24) is 15.2 Å². The van der Waals surface area contributed by atoms with Crippen LogP contribution in [-0.4, -0.2) is 15.2 Å². The highest BCUT2D eigenvalue weighted by Gasteiger charge is 2.37. The van der Waals surface area contributed by atoms with E-state index >= 15 is 0 Å². The average molecular weight is 205 g/mol. The molecule has 0 radical (unpaired) electrons. The predicted octanol–water partition coefficient (Wildman–Crippen LogP) is 2.98. The van der Waals surface area contributed by atoms with Crippen molar-refractivity contribution in [2.45, 2.75) is 57.3 Å². The fourth-order valence-electron chi connectivity index (χ4n) is 2.70. The molecule has 15 heavy (non-hydrogen) atoms. The van der Waals surface area contributed by atoms with Crippen LogP contribution in [0.5, 0.6) is 0 Å². The number of hydrogen-bond acceptors (Lipinski definition) is 2. The number of aromatic amines is 1. The minimum atomic E-state index is 0.637. The maximum atomic E-state index is 4.68. The summed E-state index contributed by atoms with van der Waals surface area (Å²) in [5.41, 5.74) is 0. The normalized spacial score (nSPS) is 31.8. The van der Waals surface area contributed by atoms with E-state index in [4.69, 9.17) is 0 Å². The van der Waals surface area contributed by atoms with Gasteiger partial charge in [-0.15, -0.1) is 0 Å². The summed E-state index contributed by atoms with van der Waals surface area (Å²) in [5.74, 6) is 4.36. The van der Waals surface area contributed by atoms with E-state index in [1.54, 1.807) is 0 Å². The van der Waals surface area contributed by atoms with Gasteiger partial charge in [0.05, 0.1) is 0 Å². The monoisotopic (exact) mass is 205 g/mol. The molecule has 3 nitrogen and oxygen atoms in total. The quantitative estimate of drug-likeness (QED) is 0.806. The summed E-state index contributed by atoms with van der Waals surface area (Å²) in [4.78, 5) is 4.68. The summed E-state index contributed by atoms with van der Waals surface area (Å²) in [7, 11) is 0. The van der Waals surface area contributed by atoms with Crippen LogP contribution in [0, 0.1) is 5.92 Å². The van der Waals surface area contributed by atoms with E-state index in [-0.39, 0.29) is 0 Å². The van der Waals surface area contributed by atoms with E-state index in [2.05, 4.69) is 22.1 Å². The van der Waals surface area contributed by atoms with Crippen molar-refractivity contribution in [3.8, 4) is 0 Å². The second-order valence-electron chi connectivity index (χ2n) is 5.23. The Balaban J connectivity index is 1.72. The van der Waals surface area contributed by atoms with Crippen molar-refractivity contribution in [2.75, 3.05) is 0 Å². The third-order valence-corrected chi connectivity index (χ3v) is 3.95. The Kier molecular flexibility index (Phi) is 2.26. The fraction of sp³-hybridized carbons (Fsp3) is 0.833. The summed E-state index contributed by atoms with van der Waals surface area (Å²) >= 11 is 0. The highest BCUT2D eigenvalue weighted by molar-refractivity contribution is 5.10. The van der Waals surface area contributed by atoms with Gasteiger partial charge in [-0.1, -0.05) is 26.2 Å². The number of nitrogens with zero attached hydrogens (tertiary/aromatic N) is 2. The number of hydrogen-bond donors (Lipinski definition) is 1. The van der Waals surface area contributed by atoms with Gasteiger partial charge in [-0.25, -0.2) is 4.98 Å². The van der Waals surface area contributed by atoms with Crippen LogP contribution in [0.4, 0.5) is 0 Å². The molecule has 82 valence electrons. The van der Waals surface area contributed by atoms with E-state index < -0.39 is 0 Å². The Morgan fingerprint density at radius 1 is 1.20 bits per heavy atom. The molecular formula is C12H19N3. The van der Waals surface area contributed by atoms with Gasteiger partial charge in [0, 0.05) is 11.8 Å². The molecule has 0 aliphatic heterocycles. The first-order valence-corrected chi connectivity index (χ1v) is 6.27. The fourth-order valence-corrected chi connectivity index (χ4v) is 2.70. The first-order valence-electron chi connectivity index (χ1n) is 6.27. The molecule has 1 heterocycles. The second-order valence-corrected chi connectivity index (χ2v) is 5.23. The average Bonchev–Trinajstić information content (AvgIpc) is 2.83. The Morgan fingerprint density at radius 3 is 2.60 bits per heavy atom. The van der Waals surface area contributed by atoms with E-state index in [1.165, 1.54) is 38.5 Å². The van der Waals surface area contributed by atoms with Crippen molar-refractivity contribution in [3.63, 3.8) is 0 Å². The molecule has 2 saturated carbocycles. The van der Waals surface area contributed by atoms with Gasteiger partial charge in [0.15, 0.2) is 5.82 Å². The Labute approximate surface area is 90.7 Å². The molecule has 2 fully saturated rings. The summed E-state index contributed by atoms with van der Waals surface area (Å²) in [6.45, 7) is 2.29. The lowest BCUT2D eigenvalue weighted by atomic mass is 9.89. The molecule has 1 aromatic heterocycles. The molecule has 1 N–H and O–H groups in total. The molecule has 0 aromatic carbocycles. The number of H-pyrrole nitrogens is 1. The third kappa shape index (κ3) is 1.80. The number of rotatable bonds is 2. The van der Waals surface area contributed by atoms with Crippen LogP contribution < -0.4 is 0 Å². The minimum absolute atomic E-state index is 0.637. The Bertz CT molecular complexity index is 338. The van der Waals surface area contributed by atoms with Crippen molar-refractivity contribution in [1.29, 1.82) is 0 Å². The van der Waals surface area contributed by atoms with Gasteiger partial charge in [0.1, 0.15) is 5.82 Å². The molecule has 3 heteroatoms. The van der Waals surface area contributed by atoms with Crippen LogP contribution in [0.15, 0.2) is 0 Å². The van der Waals surface area contributed by atoms with Crippen LogP contribution in [0.1, 0.15) is 68.9 Å². The van der Waals surface area contributed by atoms with Crippen LogP contribution in [0.3, 0.4) is 0 Å². The smallest absolute Gasteiger partial charge is 0.153 e. The molecule has 3 rings (SSSR count). The van der Waals surface area contributed by atoms with Crippen LogP contribution in [0.2, 0.25) is 0 Å². The van der Waals surface area contributed by atoms with E-state index in [0.717, 1.165) is 17.6 Å². The van der Waals surface area contributed by atoms with Crippen molar-refractivity contribution in [3.05, 3.63) is 11.6 Å². The standard InChI is InChI=1S/C12H19N3/c1-8-7-10(8)12-13-11(14-15-12)9-5-3-2-4-6-9/h8-10H,2-7H2,1H3,(H,13,14,15). The van der Waals surface area contributed by atoms with E-state index in [1.807, 2.05) is 0 Å². The van der Waals surface area contributed by atoms with Gasteiger partial charge in [-0.3, -0.25) is 5.10 Å². The first-order chi connectivity index (χ1) is 7.34. The molecule has 2 atom stereocenters. The Hall–Kier alpha value is -0.860. The molecule has 0 spiro atoms. The van der Waals surface area contributed by atoms with E-state index in [9.17, 15) is 0 Å². The summed E-state index contributed by atoms with van der Waals surface area (Å²) in [5, 5.41) is 7.53. The molecule has 0 bridgehead atoms. The van der Waals surface area contributed by atoms with Gasteiger partial charge in [-0.05, 0) is 25.2 Å².